The first-order valence-corrected chi connectivity index (χ1v) is 8.19. The molecule has 4 aromatic rings. The molecule has 0 N–H and O–H groups in total. The minimum atomic E-state index is 0. The van der Waals surface area contributed by atoms with Gasteiger partial charge in [0.15, 0.2) is 5.41 Å². The molecule has 0 radical (unpaired) electrons. The SMILES string of the molecule is [Mo].[SH2+]C=C([SH2+])c1cnc2ccccc2n1.[c-]1[c-][c-][cH-][c-]1.c1cc[cH-]c1. The summed E-state index contributed by atoms with van der Waals surface area (Å²) in [7, 11) is 0. The molecule has 0 saturated carbocycles. The molecular weight excluding hydrogens is 428 g/mol. The van der Waals surface area contributed by atoms with Gasteiger partial charge in [0.1, 0.15) is 5.69 Å². The van der Waals surface area contributed by atoms with E-state index in [4.69, 9.17) is 0 Å². The van der Waals surface area contributed by atoms with Crippen LogP contribution in [0.25, 0.3) is 15.9 Å². The number of fused-ring (bicyclic) bond motifs is 1. The number of para-hydroxylation sites is 2. The maximum atomic E-state index is 4.44. The van der Waals surface area contributed by atoms with Crippen molar-refractivity contribution in [3.05, 3.63) is 102 Å². The Morgan fingerprint density at radius 2 is 1.64 bits per heavy atom. The Morgan fingerprint density at radius 3 is 2.12 bits per heavy atom. The van der Waals surface area contributed by atoms with Gasteiger partial charge in [-0.2, -0.15) is 18.2 Å². The fourth-order valence-electron chi connectivity index (χ4n) is 1.66. The summed E-state index contributed by atoms with van der Waals surface area (Å²) < 4.78 is 0. The zero-order chi connectivity index (χ0) is 17.0. The topological polar surface area (TPSA) is 25.8 Å². The van der Waals surface area contributed by atoms with Gasteiger partial charge in [-0.1, -0.05) is 12.1 Å². The molecule has 0 aliphatic heterocycles. The minimum absolute atomic E-state index is 0. The molecule has 0 amide bonds. The molecule has 0 aliphatic rings. The third-order valence-electron chi connectivity index (χ3n) is 2.78. The molecule has 1 aromatic heterocycles. The van der Waals surface area contributed by atoms with Crippen molar-refractivity contribution in [1.82, 2.24) is 9.97 Å². The molecule has 25 heavy (non-hydrogen) atoms. The third kappa shape index (κ3) is 7.87. The van der Waals surface area contributed by atoms with Gasteiger partial charge in [0.05, 0.1) is 17.2 Å². The summed E-state index contributed by atoms with van der Waals surface area (Å²) in [6.07, 6.45) is 1.74. The van der Waals surface area contributed by atoms with Crippen molar-refractivity contribution in [2.75, 3.05) is 0 Å². The van der Waals surface area contributed by atoms with Crippen LogP contribution in [0, 0.1) is 24.3 Å². The Kier molecular flexibility index (Phi) is 10.9. The summed E-state index contributed by atoms with van der Waals surface area (Å²) in [6.45, 7) is 0. The summed E-state index contributed by atoms with van der Waals surface area (Å²) in [6, 6.07) is 29.8. The second-order valence-corrected chi connectivity index (χ2v) is 5.27. The molecule has 0 bridgehead atoms. The summed E-state index contributed by atoms with van der Waals surface area (Å²) in [4.78, 5) is 9.60. The molecular formula is C20H16MoN2S2-4. The van der Waals surface area contributed by atoms with Gasteiger partial charge < -0.3 is 30.3 Å². The first kappa shape index (κ1) is 21.4. The largest absolute Gasteiger partial charge is 0.999 e. The Labute approximate surface area is 173 Å². The van der Waals surface area contributed by atoms with E-state index in [1.54, 1.807) is 17.7 Å². The maximum absolute atomic E-state index is 4.44. The van der Waals surface area contributed by atoms with Crippen molar-refractivity contribution in [3.8, 4) is 0 Å². The van der Waals surface area contributed by atoms with E-state index >= 15 is 0 Å². The van der Waals surface area contributed by atoms with Crippen molar-refractivity contribution < 1.29 is 21.1 Å². The van der Waals surface area contributed by atoms with Gasteiger partial charge in [0, 0.05) is 33.7 Å². The summed E-state index contributed by atoms with van der Waals surface area (Å²) in [5.41, 5.74) is 2.62. The van der Waals surface area contributed by atoms with Crippen LogP contribution in [0.4, 0.5) is 0 Å². The fourth-order valence-corrected chi connectivity index (χ4v) is 1.93. The molecule has 128 valence electrons. The van der Waals surface area contributed by atoms with Crippen molar-refractivity contribution in [2.45, 2.75) is 0 Å². The molecule has 0 atom stereocenters. The second-order valence-electron chi connectivity index (χ2n) is 4.45. The number of rotatable bonds is 1. The number of hydrogen-bond acceptors (Lipinski definition) is 2. The zero-order valence-corrected chi connectivity index (χ0v) is 17.2. The van der Waals surface area contributed by atoms with Gasteiger partial charge in [-0.15, -0.1) is 0 Å². The number of benzene rings is 1. The standard InChI is InChI=1S/C10H8N2S2.C5H5.C5H.Mo/c13-6-10(14)9-5-11-7-3-1-2-4-8(7)12-9;2*1-2-4-5-3-1;/h1-6,13-14H;1-5H;1H;/q;-1;-5;/p+2. The first-order chi connectivity index (χ1) is 11.8. The average molecular weight is 444 g/mol. The third-order valence-corrected chi connectivity index (χ3v) is 3.75. The molecule has 3 aromatic carbocycles. The van der Waals surface area contributed by atoms with Crippen LogP contribution in [-0.2, 0) is 46.3 Å². The summed E-state index contributed by atoms with van der Waals surface area (Å²) in [5, 5.41) is 1.76. The quantitative estimate of drug-likeness (QED) is 0.256. The molecule has 1 heterocycles. The molecule has 0 spiro atoms. The monoisotopic (exact) mass is 446 g/mol. The Morgan fingerprint density at radius 1 is 1.00 bits per heavy atom. The van der Waals surface area contributed by atoms with E-state index in [-0.39, 0.29) is 21.1 Å². The summed E-state index contributed by atoms with van der Waals surface area (Å²) >= 11 is 6.72. The van der Waals surface area contributed by atoms with Gasteiger partial charge in [0.25, 0.3) is 0 Å². The van der Waals surface area contributed by atoms with Crippen LogP contribution in [-0.4, -0.2) is 9.97 Å². The molecule has 0 fully saturated rings. The van der Waals surface area contributed by atoms with E-state index in [0.29, 0.717) is 0 Å². The van der Waals surface area contributed by atoms with Gasteiger partial charge in [-0.3, -0.25) is 4.98 Å². The van der Waals surface area contributed by atoms with Crippen LogP contribution >= 0.6 is 0 Å². The fraction of sp³-hybridized carbons (Fsp3) is 0. The van der Waals surface area contributed by atoms with Crippen LogP contribution in [0.5, 0.6) is 0 Å². The number of nitrogens with zero attached hydrogens (tertiary/aromatic N) is 2. The van der Waals surface area contributed by atoms with Gasteiger partial charge in [-0.25, -0.2) is 17.1 Å². The smallest absolute Gasteiger partial charge is 0.224 e. The maximum Gasteiger partial charge on any atom is 0.224 e. The molecule has 0 unspecified atom stereocenters. The molecule has 4 rings (SSSR count). The van der Waals surface area contributed by atoms with E-state index in [1.165, 1.54) is 0 Å². The van der Waals surface area contributed by atoms with Crippen LogP contribution < -0.4 is 0 Å². The van der Waals surface area contributed by atoms with Crippen LogP contribution in [0.1, 0.15) is 5.69 Å². The first-order valence-electron chi connectivity index (χ1n) is 7.12. The molecule has 0 aliphatic carbocycles. The predicted molar refractivity (Wildman–Crippen MR) is 107 cm³/mol. The molecule has 0 saturated heterocycles. The van der Waals surface area contributed by atoms with Gasteiger partial charge in [0.2, 0.25) is 4.91 Å². The average Bonchev–Trinajstić information content (AvgIpc) is 3.39. The van der Waals surface area contributed by atoms with E-state index in [2.05, 4.69) is 59.5 Å². The molecule has 5 heteroatoms. The Balaban J connectivity index is 0.000000233. The van der Waals surface area contributed by atoms with Crippen molar-refractivity contribution in [1.29, 1.82) is 0 Å². The van der Waals surface area contributed by atoms with Gasteiger partial charge >= 0.3 is 0 Å². The van der Waals surface area contributed by atoms with Crippen LogP contribution in [0.3, 0.4) is 0 Å². The van der Waals surface area contributed by atoms with Crippen molar-refractivity contribution in [3.63, 3.8) is 0 Å². The summed E-state index contributed by atoms with van der Waals surface area (Å²) in [5.74, 6) is 0. The predicted octanol–water partition coefficient (Wildman–Crippen LogP) is 2.96. The zero-order valence-electron chi connectivity index (χ0n) is 13.2. The number of aromatic nitrogens is 2. The van der Waals surface area contributed by atoms with Gasteiger partial charge in [-0.05, 0) is 24.8 Å². The van der Waals surface area contributed by atoms with Crippen LogP contribution in [0.2, 0.25) is 0 Å². The van der Waals surface area contributed by atoms with Crippen molar-refractivity contribution >= 4 is 41.2 Å². The Hall–Kier alpha value is -1.61. The normalized spacial score (nSPS) is 9.92. The van der Waals surface area contributed by atoms with E-state index in [0.717, 1.165) is 21.6 Å². The van der Waals surface area contributed by atoms with Crippen molar-refractivity contribution in [2.24, 2.45) is 0 Å². The second kappa shape index (κ2) is 12.7. The van der Waals surface area contributed by atoms with E-state index in [1.807, 2.05) is 54.6 Å². The molecule has 2 nitrogen and oxygen atoms in total. The minimum Gasteiger partial charge on any atom is -0.999 e. The van der Waals surface area contributed by atoms with E-state index < -0.39 is 0 Å². The van der Waals surface area contributed by atoms with Crippen LogP contribution in [0.15, 0.2) is 72.3 Å². The van der Waals surface area contributed by atoms with E-state index in [9.17, 15) is 0 Å². The Bertz CT molecular complexity index is 780. The number of hydrogen-bond donors (Lipinski definition) is 0.